The predicted molar refractivity (Wildman–Crippen MR) is 379 cm³/mol. The van der Waals surface area contributed by atoms with Gasteiger partial charge in [-0.05, 0) is 92.3 Å². The number of para-hydroxylation sites is 2. The van der Waals surface area contributed by atoms with Crippen LogP contribution < -0.4 is 48.5 Å². The van der Waals surface area contributed by atoms with Crippen molar-refractivity contribution in [3.05, 3.63) is 168 Å². The summed E-state index contributed by atoms with van der Waals surface area (Å²) in [4.78, 5) is 63.5. The number of anilines is 4. The Bertz CT molecular complexity index is 4740. The maximum atomic E-state index is 13.3. The van der Waals surface area contributed by atoms with E-state index in [9.17, 15) is 23.2 Å². The Balaban J connectivity index is 0.000000128. The fraction of sp³-hybridized carbons (Fsp3) is 0.351. The lowest BCUT2D eigenvalue weighted by Gasteiger charge is -2.28. The summed E-state index contributed by atoms with van der Waals surface area (Å²) in [5.41, 5.74) is 31.6. The molecule has 6 aromatic heterocycles. The molecule has 2 unspecified atom stereocenters. The van der Waals surface area contributed by atoms with Crippen LogP contribution >= 0.6 is 0 Å². The first-order valence-corrected chi connectivity index (χ1v) is 34.4. The van der Waals surface area contributed by atoms with Gasteiger partial charge >= 0.3 is 0 Å². The van der Waals surface area contributed by atoms with E-state index in [-0.39, 0.29) is 30.6 Å². The third kappa shape index (κ3) is 14.3. The fourth-order valence-corrected chi connectivity index (χ4v) is 14.2. The zero-order chi connectivity index (χ0) is 68.9. The second kappa shape index (κ2) is 29.2. The quantitative estimate of drug-likeness (QED) is 0.0473. The molecule has 11 aromatic rings. The zero-order valence-electron chi connectivity index (χ0n) is 55.6. The normalized spacial score (nSPS) is 17.6. The first kappa shape index (κ1) is 66.2. The Morgan fingerprint density at radius 1 is 0.510 bits per heavy atom. The summed E-state index contributed by atoms with van der Waals surface area (Å²) in [5.74, 6) is -1.12. The second-order valence-corrected chi connectivity index (χ2v) is 26.4. The number of hydrogen-bond donors (Lipinski definition) is 8. The van der Waals surface area contributed by atoms with Crippen molar-refractivity contribution in [1.82, 2.24) is 80.5 Å². The molecule has 5 aromatic carbocycles. The molecular formula is C74H80F2N20O4. The van der Waals surface area contributed by atoms with E-state index in [1.54, 1.807) is 0 Å². The van der Waals surface area contributed by atoms with Gasteiger partial charge in [-0.25, -0.2) is 52.7 Å². The number of carbonyl (C=O) groups excluding carboxylic acids is 3. The maximum Gasteiger partial charge on any atom is 0.260 e. The zero-order valence-corrected chi connectivity index (χ0v) is 55.6. The van der Waals surface area contributed by atoms with E-state index in [2.05, 4.69) is 56.5 Å². The number of alkyl halides is 2. The molecule has 8 heterocycles. The Morgan fingerprint density at radius 2 is 0.910 bits per heavy atom. The van der Waals surface area contributed by atoms with Crippen LogP contribution in [0.5, 0.6) is 5.75 Å². The number of hydrogen-bond acceptors (Lipinski definition) is 18. The standard InChI is InChI=1S/C26H27N7O2.C25H26N6O.C23H27F2N7O/c27-24-22-23(32-33(18-5-1-2-6-18)25(22)30-15-29-24)17-11-9-16(10-12-17)13-28-26(34)20-14-35-21-8-4-3-7-19(21)31-20;1-16-6-2-5-9-20(16)25(32)27-14-17-10-12-18(13-11-17)22-21-23(26)28-15-29-24(21)31(30-22)19-7-3-4-8-19;24-23(25)10-9-17(28-12-23)22(33)27-11-14-5-7-15(8-6-14)19-18-20(26)29-13-30-21(18)32(31-19)16-3-1-2-4-16/h3-4,7-12,15,18,20,31H,1-2,5-6,13-14H2,(H,28,34)(H2,27,29,30);2,5-6,9-13,15,19H,3-4,7-8,14H2,1H3,(H,27,32)(H2,26,28,29);5-8,13,16-17,28H,1-4,9-12H2,(H,27,33)(H2,26,29,30). The lowest BCUT2D eigenvalue weighted by Crippen LogP contribution is -2.52. The fourth-order valence-electron chi connectivity index (χ4n) is 14.2. The molecule has 11 N–H and O–H groups in total. The third-order valence-corrected chi connectivity index (χ3v) is 19.7. The first-order valence-electron chi connectivity index (χ1n) is 34.4. The topological polar surface area (TPSA) is 329 Å². The van der Waals surface area contributed by atoms with E-state index in [0.717, 1.165) is 139 Å². The van der Waals surface area contributed by atoms with Crippen LogP contribution in [-0.4, -0.2) is 108 Å². The Hall–Kier alpha value is -11.0. The van der Waals surface area contributed by atoms with Crippen LogP contribution in [0.25, 0.3) is 66.9 Å². The summed E-state index contributed by atoms with van der Waals surface area (Å²) in [6.07, 6.45) is 18.1. The highest BCUT2D eigenvalue weighted by atomic mass is 19.3. The Kier molecular flexibility index (Phi) is 19.3. The summed E-state index contributed by atoms with van der Waals surface area (Å²) in [6.45, 7) is 2.96. The third-order valence-electron chi connectivity index (χ3n) is 19.7. The number of aryl methyl sites for hydroxylation is 1. The first-order chi connectivity index (χ1) is 48.7. The minimum absolute atomic E-state index is 0.0709. The van der Waals surface area contributed by atoms with Crippen LogP contribution in [0.2, 0.25) is 0 Å². The van der Waals surface area contributed by atoms with Gasteiger partial charge in [-0.2, -0.15) is 15.3 Å². The number of ether oxygens (including phenoxy) is 1. The minimum atomic E-state index is -2.74. The molecule has 5 aliphatic rings. The monoisotopic (exact) mass is 1350 g/mol. The van der Waals surface area contributed by atoms with Crippen LogP contribution in [0, 0.1) is 6.92 Å². The molecule has 3 aliphatic carbocycles. The molecule has 100 heavy (non-hydrogen) atoms. The van der Waals surface area contributed by atoms with Crippen molar-refractivity contribution in [2.24, 2.45) is 0 Å². The van der Waals surface area contributed by atoms with Crippen molar-refractivity contribution in [3.63, 3.8) is 0 Å². The number of rotatable bonds is 15. The molecule has 514 valence electrons. The van der Waals surface area contributed by atoms with Gasteiger partial charge in [0.1, 0.15) is 71.9 Å². The van der Waals surface area contributed by atoms with Crippen molar-refractivity contribution in [2.75, 3.05) is 35.7 Å². The largest absolute Gasteiger partial charge is 0.489 e. The van der Waals surface area contributed by atoms with Gasteiger partial charge in [-0.3, -0.25) is 14.4 Å². The van der Waals surface area contributed by atoms with Crippen molar-refractivity contribution < 1.29 is 27.9 Å². The van der Waals surface area contributed by atoms with E-state index in [1.165, 1.54) is 57.5 Å². The van der Waals surface area contributed by atoms with Crippen molar-refractivity contribution in [2.45, 2.75) is 153 Å². The molecule has 1 saturated heterocycles. The van der Waals surface area contributed by atoms with E-state index < -0.39 is 24.6 Å². The molecule has 2 atom stereocenters. The highest BCUT2D eigenvalue weighted by Gasteiger charge is 2.37. The number of carbonyl (C=O) groups is 3. The SMILES string of the molecule is Cc1ccccc1C(=O)NCc1ccc(-c2nn(C3CCCC3)c3ncnc(N)c23)cc1.Nc1ncnc2c1c(-c1ccc(CNC(=O)C3CCC(F)(F)CN3)cc1)nn2C1CCCC1.Nc1ncnc2c1c(-c1ccc(CNC(=O)C3COc4ccccc4N3)cc1)nn2C1CCCC1. The van der Waals surface area contributed by atoms with Gasteiger partial charge in [0.25, 0.3) is 11.8 Å². The number of halogens is 2. The van der Waals surface area contributed by atoms with Gasteiger partial charge in [0.2, 0.25) is 11.8 Å². The van der Waals surface area contributed by atoms with Gasteiger partial charge < -0.3 is 48.5 Å². The number of fused-ring (bicyclic) bond motifs is 4. The molecule has 0 radical (unpaired) electrons. The van der Waals surface area contributed by atoms with Crippen LogP contribution in [0.4, 0.5) is 31.9 Å². The number of benzene rings is 5. The van der Waals surface area contributed by atoms with Crippen LogP contribution in [-0.2, 0) is 29.2 Å². The Labute approximate surface area is 575 Å². The highest BCUT2D eigenvalue weighted by molar-refractivity contribution is 6.01. The smallest absolute Gasteiger partial charge is 0.260 e. The molecule has 24 nitrogen and oxygen atoms in total. The molecule has 0 spiro atoms. The molecule has 0 bridgehead atoms. The van der Waals surface area contributed by atoms with Crippen molar-refractivity contribution >= 4 is 74.0 Å². The number of piperidine rings is 1. The molecular weight excluding hydrogens is 1270 g/mol. The minimum Gasteiger partial charge on any atom is -0.489 e. The van der Waals surface area contributed by atoms with Crippen LogP contribution in [0.3, 0.4) is 0 Å². The molecule has 4 fully saturated rings. The van der Waals surface area contributed by atoms with E-state index in [4.69, 9.17) is 37.2 Å². The van der Waals surface area contributed by atoms with Crippen molar-refractivity contribution in [1.29, 1.82) is 0 Å². The van der Waals surface area contributed by atoms with Gasteiger partial charge in [0.15, 0.2) is 16.9 Å². The summed E-state index contributed by atoms with van der Waals surface area (Å²) in [7, 11) is 0. The van der Waals surface area contributed by atoms with E-state index >= 15 is 0 Å². The van der Waals surface area contributed by atoms with E-state index in [0.29, 0.717) is 67.4 Å². The molecule has 2 aliphatic heterocycles. The number of nitrogen functional groups attached to an aromatic ring is 3. The van der Waals surface area contributed by atoms with Gasteiger partial charge in [-0.1, -0.05) is 142 Å². The molecule has 3 amide bonds. The van der Waals surface area contributed by atoms with Crippen LogP contribution in [0.1, 0.15) is 141 Å². The summed E-state index contributed by atoms with van der Waals surface area (Å²) in [5, 5.41) is 31.8. The van der Waals surface area contributed by atoms with Crippen molar-refractivity contribution in [3.8, 4) is 39.5 Å². The van der Waals surface area contributed by atoms with Crippen LogP contribution in [0.15, 0.2) is 140 Å². The van der Waals surface area contributed by atoms with Gasteiger partial charge in [0, 0.05) is 48.3 Å². The lowest BCUT2D eigenvalue weighted by atomic mass is 10.0. The number of aromatic nitrogens is 12. The number of nitrogens with zero attached hydrogens (tertiary/aromatic N) is 12. The lowest BCUT2D eigenvalue weighted by molar-refractivity contribution is -0.126. The Morgan fingerprint density at radius 3 is 1.33 bits per heavy atom. The average molecular weight is 1350 g/mol. The van der Waals surface area contributed by atoms with E-state index in [1.807, 2.05) is 142 Å². The molecule has 16 rings (SSSR count). The van der Waals surface area contributed by atoms with Gasteiger partial charge in [-0.15, -0.1) is 0 Å². The predicted octanol–water partition coefficient (Wildman–Crippen LogP) is 11.3. The molecule has 26 heteroatoms. The van der Waals surface area contributed by atoms with Gasteiger partial charge in [0.05, 0.1) is 52.6 Å². The summed E-state index contributed by atoms with van der Waals surface area (Å²) < 4.78 is 38.3. The maximum absolute atomic E-state index is 13.3. The summed E-state index contributed by atoms with van der Waals surface area (Å²) >= 11 is 0. The number of nitrogens with one attached hydrogen (secondary N) is 5. The number of amides is 3. The highest BCUT2D eigenvalue weighted by Crippen LogP contribution is 2.40. The molecule has 3 saturated carbocycles. The number of nitrogens with two attached hydrogens (primary N) is 3. The average Bonchev–Trinajstić information content (AvgIpc) is 1.62. The summed E-state index contributed by atoms with van der Waals surface area (Å²) in [6, 6.07) is 39.0. The second-order valence-electron chi connectivity index (χ2n) is 26.4.